The van der Waals surface area contributed by atoms with E-state index in [0.717, 1.165) is 26.2 Å². The number of esters is 1. The third-order valence-electron chi connectivity index (χ3n) is 3.98. The van der Waals surface area contributed by atoms with Crippen LogP contribution in [0.1, 0.15) is 11.7 Å². The summed E-state index contributed by atoms with van der Waals surface area (Å²) in [5, 5.41) is 10.5. The Labute approximate surface area is 125 Å². The molecule has 1 aromatic rings. The van der Waals surface area contributed by atoms with E-state index in [-0.39, 0.29) is 5.97 Å². The van der Waals surface area contributed by atoms with Crippen molar-refractivity contribution in [1.82, 2.24) is 14.8 Å². The Balaban J connectivity index is 2.06. The van der Waals surface area contributed by atoms with Crippen LogP contribution in [0.3, 0.4) is 0 Å². The van der Waals surface area contributed by atoms with E-state index in [1.165, 1.54) is 7.11 Å². The van der Waals surface area contributed by atoms with Crippen molar-refractivity contribution >= 4 is 5.97 Å². The fraction of sp³-hybridized carbons (Fsp3) is 0.600. The van der Waals surface area contributed by atoms with Crippen molar-refractivity contribution in [2.75, 3.05) is 46.9 Å². The van der Waals surface area contributed by atoms with Gasteiger partial charge in [-0.2, -0.15) is 0 Å². The Morgan fingerprint density at radius 1 is 1.33 bits per heavy atom. The molecule has 1 aromatic heterocycles. The number of pyridine rings is 1. The molecule has 1 aliphatic rings. The van der Waals surface area contributed by atoms with Crippen LogP contribution in [0.5, 0.6) is 0 Å². The van der Waals surface area contributed by atoms with Crippen LogP contribution in [0.25, 0.3) is 0 Å². The van der Waals surface area contributed by atoms with Crippen LogP contribution in [0.2, 0.25) is 0 Å². The molecule has 21 heavy (non-hydrogen) atoms. The summed E-state index contributed by atoms with van der Waals surface area (Å²) in [7, 11) is 3.44. The van der Waals surface area contributed by atoms with E-state index in [1.807, 2.05) is 0 Å². The number of piperazine rings is 1. The normalized spacial score (nSPS) is 20.0. The molecule has 0 aliphatic carbocycles. The number of methoxy groups -OCH3 is 1. The number of carbonyl (C=O) groups excluding carboxylic acids is 1. The highest BCUT2D eigenvalue weighted by Gasteiger charge is 2.31. The van der Waals surface area contributed by atoms with Gasteiger partial charge in [-0.05, 0) is 24.7 Å². The second-order valence-electron chi connectivity index (χ2n) is 5.46. The molecule has 0 spiro atoms. The molecule has 2 atom stereocenters. The van der Waals surface area contributed by atoms with Gasteiger partial charge in [-0.15, -0.1) is 0 Å². The van der Waals surface area contributed by atoms with Crippen molar-refractivity contribution in [3.63, 3.8) is 0 Å². The van der Waals surface area contributed by atoms with Crippen LogP contribution in [0, 0.1) is 5.92 Å². The number of nitrogens with zero attached hydrogens (tertiary/aromatic N) is 3. The van der Waals surface area contributed by atoms with Gasteiger partial charge in [0.15, 0.2) is 0 Å². The minimum absolute atomic E-state index is 0.377. The van der Waals surface area contributed by atoms with E-state index in [1.54, 1.807) is 24.5 Å². The number of likely N-dealkylation sites (N-methyl/N-ethyl adjacent to an activating group) is 1. The average Bonchev–Trinajstić information content (AvgIpc) is 2.54. The maximum atomic E-state index is 12.0. The second kappa shape index (κ2) is 7.49. The molecular formula is C15H23N3O3. The summed E-state index contributed by atoms with van der Waals surface area (Å²) in [4.78, 5) is 20.4. The lowest BCUT2D eigenvalue weighted by Crippen LogP contribution is -2.47. The number of aromatic nitrogens is 1. The Kier molecular flexibility index (Phi) is 5.67. The van der Waals surface area contributed by atoms with Crippen molar-refractivity contribution in [1.29, 1.82) is 0 Å². The van der Waals surface area contributed by atoms with E-state index >= 15 is 0 Å². The first-order valence-electron chi connectivity index (χ1n) is 7.18. The monoisotopic (exact) mass is 293 g/mol. The van der Waals surface area contributed by atoms with Gasteiger partial charge in [0.05, 0.1) is 19.1 Å². The van der Waals surface area contributed by atoms with E-state index < -0.39 is 12.0 Å². The minimum atomic E-state index is -0.875. The van der Waals surface area contributed by atoms with Crippen LogP contribution in [-0.4, -0.2) is 72.7 Å². The maximum absolute atomic E-state index is 12.0. The molecule has 0 bridgehead atoms. The Morgan fingerprint density at radius 2 is 1.95 bits per heavy atom. The lowest BCUT2D eigenvalue weighted by atomic mass is 9.95. The number of carbonyl (C=O) groups is 1. The average molecular weight is 293 g/mol. The Morgan fingerprint density at radius 3 is 2.52 bits per heavy atom. The fourth-order valence-electron chi connectivity index (χ4n) is 2.56. The predicted molar refractivity (Wildman–Crippen MR) is 78.6 cm³/mol. The molecule has 6 heteroatoms. The molecule has 1 fully saturated rings. The molecule has 0 amide bonds. The first-order chi connectivity index (χ1) is 10.1. The van der Waals surface area contributed by atoms with E-state index in [2.05, 4.69) is 21.8 Å². The first kappa shape index (κ1) is 15.9. The first-order valence-corrected chi connectivity index (χ1v) is 7.18. The molecule has 1 N–H and O–H groups in total. The lowest BCUT2D eigenvalue weighted by Gasteiger charge is -2.35. The van der Waals surface area contributed by atoms with Gasteiger partial charge in [-0.3, -0.25) is 14.7 Å². The third kappa shape index (κ3) is 4.23. The quantitative estimate of drug-likeness (QED) is 0.780. The summed E-state index contributed by atoms with van der Waals surface area (Å²) in [6.07, 6.45) is 2.35. The van der Waals surface area contributed by atoms with Gasteiger partial charge in [0, 0.05) is 45.1 Å². The van der Waals surface area contributed by atoms with Crippen LogP contribution in [0.4, 0.5) is 0 Å². The highest BCUT2D eigenvalue weighted by Crippen LogP contribution is 2.24. The summed E-state index contributed by atoms with van der Waals surface area (Å²) in [5.74, 6) is -0.959. The van der Waals surface area contributed by atoms with Gasteiger partial charge in [-0.25, -0.2) is 0 Å². The zero-order valence-corrected chi connectivity index (χ0v) is 12.6. The number of hydrogen-bond acceptors (Lipinski definition) is 6. The van der Waals surface area contributed by atoms with Crippen molar-refractivity contribution in [3.8, 4) is 0 Å². The van der Waals surface area contributed by atoms with Crippen molar-refractivity contribution in [3.05, 3.63) is 30.1 Å². The summed E-state index contributed by atoms with van der Waals surface area (Å²) < 4.78 is 4.87. The zero-order chi connectivity index (χ0) is 15.2. The van der Waals surface area contributed by atoms with Gasteiger partial charge in [0.1, 0.15) is 0 Å². The lowest BCUT2D eigenvalue weighted by molar-refractivity contribution is -0.150. The summed E-state index contributed by atoms with van der Waals surface area (Å²) in [6.45, 7) is 4.24. The zero-order valence-electron chi connectivity index (χ0n) is 12.6. The number of ether oxygens (including phenoxy) is 1. The SMILES string of the molecule is COC(=O)[C@H](CN1CCN(C)CC1)[C@@H](O)c1ccncc1. The molecule has 0 unspecified atom stereocenters. The van der Waals surface area contributed by atoms with E-state index in [4.69, 9.17) is 4.74 Å². The summed E-state index contributed by atoms with van der Waals surface area (Å²) in [6, 6.07) is 3.45. The highest BCUT2D eigenvalue weighted by atomic mass is 16.5. The van der Waals surface area contributed by atoms with Gasteiger partial charge in [0.25, 0.3) is 0 Å². The molecule has 0 aromatic carbocycles. The predicted octanol–water partition coefficient (Wildman–Crippen LogP) is 0.152. The number of aliphatic hydroxyl groups excluding tert-OH is 1. The maximum Gasteiger partial charge on any atom is 0.312 e. The van der Waals surface area contributed by atoms with E-state index in [9.17, 15) is 9.90 Å². The Hall–Kier alpha value is -1.50. The van der Waals surface area contributed by atoms with Gasteiger partial charge in [-0.1, -0.05) is 0 Å². The number of hydrogen-bond donors (Lipinski definition) is 1. The van der Waals surface area contributed by atoms with Gasteiger partial charge in [0.2, 0.25) is 0 Å². The van der Waals surface area contributed by atoms with Crippen molar-refractivity contribution in [2.24, 2.45) is 5.92 Å². The second-order valence-corrected chi connectivity index (χ2v) is 5.46. The number of aliphatic hydroxyl groups is 1. The Bertz CT molecular complexity index is 447. The molecule has 0 saturated carbocycles. The minimum Gasteiger partial charge on any atom is -0.469 e. The molecule has 6 nitrogen and oxygen atoms in total. The largest absolute Gasteiger partial charge is 0.469 e. The van der Waals surface area contributed by atoms with Crippen LogP contribution in [0.15, 0.2) is 24.5 Å². The van der Waals surface area contributed by atoms with Gasteiger partial charge >= 0.3 is 5.97 Å². The van der Waals surface area contributed by atoms with Crippen molar-refractivity contribution in [2.45, 2.75) is 6.10 Å². The fourth-order valence-corrected chi connectivity index (χ4v) is 2.56. The number of rotatable bonds is 5. The molecular weight excluding hydrogens is 270 g/mol. The molecule has 1 saturated heterocycles. The molecule has 2 rings (SSSR count). The van der Waals surface area contributed by atoms with Crippen LogP contribution in [-0.2, 0) is 9.53 Å². The van der Waals surface area contributed by atoms with Gasteiger partial charge < -0.3 is 14.7 Å². The van der Waals surface area contributed by atoms with Crippen molar-refractivity contribution < 1.29 is 14.6 Å². The topological polar surface area (TPSA) is 65.9 Å². The standard InChI is InChI=1S/C15H23N3O3/c1-17-7-9-18(10-8-17)11-13(15(20)21-2)14(19)12-3-5-16-6-4-12/h3-6,13-14,19H,7-11H2,1-2H3/t13-,14+/m1/s1. The highest BCUT2D eigenvalue weighted by molar-refractivity contribution is 5.73. The molecule has 2 heterocycles. The van der Waals surface area contributed by atoms with Crippen LogP contribution < -0.4 is 0 Å². The van der Waals surface area contributed by atoms with E-state index in [0.29, 0.717) is 12.1 Å². The molecule has 116 valence electrons. The smallest absolute Gasteiger partial charge is 0.312 e. The summed E-state index contributed by atoms with van der Waals surface area (Å²) >= 11 is 0. The summed E-state index contributed by atoms with van der Waals surface area (Å²) in [5.41, 5.74) is 0.689. The third-order valence-corrected chi connectivity index (χ3v) is 3.98. The molecule has 1 aliphatic heterocycles. The molecule has 0 radical (unpaired) electrons. The van der Waals surface area contributed by atoms with Crippen LogP contribution >= 0.6 is 0 Å².